The maximum atomic E-state index is 13.4. The van der Waals surface area contributed by atoms with Gasteiger partial charge in [-0.15, -0.1) is 0 Å². The Balaban J connectivity index is 4.48. The first-order chi connectivity index (χ1) is 21.3. The maximum absolute atomic E-state index is 13.4. The lowest BCUT2D eigenvalue weighted by molar-refractivity contribution is -0.463. The van der Waals surface area contributed by atoms with E-state index in [2.05, 4.69) is 35.6 Å². The van der Waals surface area contributed by atoms with E-state index in [0.29, 0.717) is 13.0 Å². The van der Waals surface area contributed by atoms with Crippen LogP contribution < -0.4 is 33.2 Å². The molecule has 0 saturated heterocycles. The molecule has 9 nitrogen and oxygen atoms in total. The van der Waals surface area contributed by atoms with Crippen molar-refractivity contribution in [2.45, 2.75) is 180 Å². The predicted octanol–water partition coefficient (Wildman–Crippen LogP) is 2.91. The lowest BCUT2D eigenvalue weighted by atomic mass is 10.0. The fourth-order valence-corrected chi connectivity index (χ4v) is 5.69. The van der Waals surface area contributed by atoms with E-state index in [1.807, 2.05) is 4.90 Å². The Labute approximate surface area is 271 Å². The van der Waals surface area contributed by atoms with Crippen LogP contribution in [-0.2, 0) is 9.59 Å². The van der Waals surface area contributed by atoms with Crippen LogP contribution in [0.25, 0.3) is 0 Å². The van der Waals surface area contributed by atoms with Crippen molar-refractivity contribution >= 4 is 17.8 Å². The number of nitrogens with two attached hydrogens (primary N) is 2. The summed E-state index contributed by atoms with van der Waals surface area (Å²) >= 11 is 0. The number of nitrogens with one attached hydrogen (secondary N) is 2. The van der Waals surface area contributed by atoms with Crippen molar-refractivity contribution in [3.05, 3.63) is 0 Å². The molecule has 0 saturated carbocycles. The van der Waals surface area contributed by atoms with Crippen LogP contribution in [0, 0.1) is 0 Å². The number of quaternary nitrogens is 2. The molecule has 0 aromatic rings. The van der Waals surface area contributed by atoms with Gasteiger partial charge in [-0.25, -0.2) is 0 Å². The third kappa shape index (κ3) is 26.5. The van der Waals surface area contributed by atoms with Crippen LogP contribution in [0.4, 0.5) is 0 Å². The molecular weight excluding hydrogens is 550 g/mol. The second kappa shape index (κ2) is 31.1. The summed E-state index contributed by atoms with van der Waals surface area (Å²) in [5.74, 6) is 0.0979. The van der Waals surface area contributed by atoms with Crippen molar-refractivity contribution in [1.29, 1.82) is 0 Å². The summed E-state index contributed by atoms with van der Waals surface area (Å²) in [6.45, 7) is 6.97. The van der Waals surface area contributed by atoms with E-state index >= 15 is 0 Å². The molecular formula is C35H76N7O2+3. The highest BCUT2D eigenvalue weighted by Crippen LogP contribution is 2.14. The Morgan fingerprint density at radius 1 is 0.614 bits per heavy atom. The van der Waals surface area contributed by atoms with Crippen LogP contribution in [0.3, 0.4) is 0 Å². The molecule has 0 heterocycles. The minimum Gasteiger partial charge on any atom is -0.347 e. The Kier molecular flexibility index (Phi) is 29.8. The molecule has 0 fully saturated rings. The van der Waals surface area contributed by atoms with Gasteiger partial charge in [-0.2, -0.15) is 0 Å². The van der Waals surface area contributed by atoms with Crippen LogP contribution in [-0.4, -0.2) is 60.9 Å². The summed E-state index contributed by atoms with van der Waals surface area (Å²) in [5, 5.41) is 2.90. The number of unbranched alkanes of at least 4 members (excludes halogenated alkanes) is 20. The van der Waals surface area contributed by atoms with Gasteiger partial charge < -0.3 is 21.7 Å². The lowest BCUT2D eigenvalue weighted by Crippen LogP contribution is -2.78. The van der Waals surface area contributed by atoms with E-state index in [9.17, 15) is 9.59 Å². The molecule has 0 aromatic carbocycles. The van der Waals surface area contributed by atoms with Gasteiger partial charge in [-0.1, -0.05) is 142 Å². The fourth-order valence-electron chi connectivity index (χ4n) is 5.69. The number of guanidine groups is 1. The summed E-state index contributed by atoms with van der Waals surface area (Å²) in [4.78, 5) is 30.8. The average Bonchev–Trinajstić information content (AvgIpc) is 3.01. The highest BCUT2D eigenvalue weighted by molar-refractivity contribution is 5.83. The Bertz CT molecular complexity index is 701. The van der Waals surface area contributed by atoms with Gasteiger partial charge in [0, 0.05) is 19.5 Å². The van der Waals surface area contributed by atoms with Gasteiger partial charge >= 0.3 is 5.96 Å². The maximum Gasteiger partial charge on any atom is 0.338 e. The van der Waals surface area contributed by atoms with Gasteiger partial charge in [0.1, 0.15) is 0 Å². The Hall–Kier alpha value is -1.87. The molecule has 0 aliphatic rings. The third-order valence-corrected chi connectivity index (χ3v) is 8.68. The highest BCUT2D eigenvalue weighted by Gasteiger charge is 2.26. The first-order valence-electron chi connectivity index (χ1n) is 18.7. The smallest absolute Gasteiger partial charge is 0.338 e. The quantitative estimate of drug-likeness (QED) is 0.0383. The molecule has 0 aliphatic carbocycles. The number of carbonyl (C=O) groups excluding carboxylic acids is 2. The molecule has 2 unspecified atom stereocenters. The van der Waals surface area contributed by atoms with Gasteiger partial charge in [-0.3, -0.25) is 26.0 Å². The zero-order valence-electron chi connectivity index (χ0n) is 29.3. The van der Waals surface area contributed by atoms with E-state index < -0.39 is 6.04 Å². The first kappa shape index (κ1) is 42.1. The SMILES string of the molecule is CCCCCCCCCCCCCCN(CCCCCCCCCCCC)C(=O)C([NH3+])CNC(=O)C([NH3+])CCC[NH+]=C(N)N. The van der Waals surface area contributed by atoms with Crippen molar-refractivity contribution < 1.29 is 26.0 Å². The van der Waals surface area contributed by atoms with E-state index in [1.165, 1.54) is 128 Å². The number of hydrogen-bond donors (Lipinski definition) is 6. The van der Waals surface area contributed by atoms with Crippen LogP contribution in [0.15, 0.2) is 0 Å². The number of nitrogens with zero attached hydrogens (tertiary/aromatic N) is 1. The van der Waals surface area contributed by atoms with Crippen molar-refractivity contribution in [1.82, 2.24) is 10.2 Å². The van der Waals surface area contributed by atoms with Crippen molar-refractivity contribution in [3.63, 3.8) is 0 Å². The largest absolute Gasteiger partial charge is 0.347 e. The molecule has 0 spiro atoms. The van der Waals surface area contributed by atoms with Crippen LogP contribution in [0.5, 0.6) is 0 Å². The molecule has 260 valence electrons. The topological polar surface area (TPSA) is 171 Å². The molecule has 0 radical (unpaired) electrons. The first-order valence-corrected chi connectivity index (χ1v) is 18.7. The molecule has 2 amide bonds. The molecule has 44 heavy (non-hydrogen) atoms. The second-order valence-electron chi connectivity index (χ2n) is 13.1. The normalized spacial score (nSPS) is 12.5. The van der Waals surface area contributed by atoms with E-state index in [-0.39, 0.29) is 30.4 Å². The third-order valence-electron chi connectivity index (χ3n) is 8.68. The van der Waals surface area contributed by atoms with Gasteiger partial charge in [-0.05, 0) is 19.3 Å². The number of amides is 2. The van der Waals surface area contributed by atoms with Crippen molar-refractivity contribution in [2.24, 2.45) is 11.5 Å². The lowest BCUT2D eigenvalue weighted by Gasteiger charge is -2.25. The standard InChI is InChI=1S/C35H73N7O2/c1-3-5-7-9-11-13-15-16-18-20-22-24-29-42(28-23-21-19-17-14-12-10-8-6-4-2)34(44)32(37)30-41-33(43)31(36)26-25-27-40-35(38)39/h31-32H,3-30,36-37H2,1-2H3,(H,41,43)(H4,38,39,40)/p+3. The van der Waals surface area contributed by atoms with Gasteiger partial charge in [0.15, 0.2) is 12.1 Å². The summed E-state index contributed by atoms with van der Waals surface area (Å²) in [5.41, 5.74) is 18.9. The number of rotatable bonds is 32. The van der Waals surface area contributed by atoms with E-state index in [4.69, 9.17) is 11.5 Å². The summed E-state index contributed by atoms with van der Waals surface area (Å²) in [6.07, 6.45) is 29.9. The monoisotopic (exact) mass is 627 g/mol. The Morgan fingerprint density at radius 2 is 1.00 bits per heavy atom. The molecule has 0 bridgehead atoms. The van der Waals surface area contributed by atoms with Crippen LogP contribution >= 0.6 is 0 Å². The summed E-state index contributed by atoms with van der Waals surface area (Å²) in [7, 11) is 0. The van der Waals surface area contributed by atoms with Gasteiger partial charge in [0.2, 0.25) is 0 Å². The minimum atomic E-state index is -0.486. The van der Waals surface area contributed by atoms with E-state index in [0.717, 1.165) is 32.4 Å². The van der Waals surface area contributed by atoms with Gasteiger partial charge in [0.05, 0.1) is 13.1 Å². The summed E-state index contributed by atoms with van der Waals surface area (Å²) < 4.78 is 0. The van der Waals surface area contributed by atoms with Crippen LogP contribution in [0.1, 0.15) is 168 Å². The van der Waals surface area contributed by atoms with Crippen LogP contribution in [0.2, 0.25) is 0 Å². The zero-order chi connectivity index (χ0) is 32.7. The summed E-state index contributed by atoms with van der Waals surface area (Å²) in [6, 6.07) is -0.873. The van der Waals surface area contributed by atoms with Crippen molar-refractivity contribution in [2.75, 3.05) is 26.2 Å². The molecule has 9 heteroatoms. The molecule has 0 aliphatic heterocycles. The number of hydrogen-bond acceptors (Lipinski definition) is 2. The predicted molar refractivity (Wildman–Crippen MR) is 184 cm³/mol. The minimum absolute atomic E-state index is 0.0584. The molecule has 0 aromatic heterocycles. The highest BCUT2D eigenvalue weighted by atomic mass is 16.2. The Morgan fingerprint density at radius 3 is 1.39 bits per heavy atom. The molecule has 0 rings (SSSR count). The fraction of sp³-hybridized carbons (Fsp3) is 0.914. The van der Waals surface area contributed by atoms with Gasteiger partial charge in [0.25, 0.3) is 11.8 Å². The number of carbonyl (C=O) groups is 2. The molecule has 12 N–H and O–H groups in total. The average molecular weight is 627 g/mol. The van der Waals surface area contributed by atoms with E-state index in [1.54, 1.807) is 0 Å². The second-order valence-corrected chi connectivity index (χ2v) is 13.1. The van der Waals surface area contributed by atoms with Crippen molar-refractivity contribution in [3.8, 4) is 0 Å². The zero-order valence-corrected chi connectivity index (χ0v) is 29.3. The molecule has 2 atom stereocenters.